The van der Waals surface area contributed by atoms with Gasteiger partial charge in [0.05, 0.1) is 0 Å². The van der Waals surface area contributed by atoms with Gasteiger partial charge >= 0.3 is 0 Å². The van der Waals surface area contributed by atoms with Crippen molar-refractivity contribution in [3.05, 3.63) is 58.7 Å². The van der Waals surface area contributed by atoms with Crippen molar-refractivity contribution in [3.8, 4) is 0 Å². The van der Waals surface area contributed by atoms with E-state index < -0.39 is 0 Å². The van der Waals surface area contributed by atoms with E-state index in [1.54, 1.807) is 0 Å². The fourth-order valence-electron chi connectivity index (χ4n) is 3.10. The second-order valence-electron chi connectivity index (χ2n) is 6.72. The van der Waals surface area contributed by atoms with Crippen molar-refractivity contribution < 1.29 is 0 Å². The molecule has 0 radical (unpaired) electrons. The van der Waals surface area contributed by atoms with E-state index in [9.17, 15) is 0 Å². The second-order valence-corrected chi connectivity index (χ2v) is 6.72. The van der Waals surface area contributed by atoms with E-state index >= 15 is 0 Å². The van der Waals surface area contributed by atoms with Crippen molar-refractivity contribution >= 4 is 11.4 Å². The summed E-state index contributed by atoms with van der Waals surface area (Å²) in [6.45, 7) is 10.4. The van der Waals surface area contributed by atoms with E-state index in [1.807, 2.05) is 0 Å². The SMILES string of the molecule is Cc1cccc(C)c1NCCC(N)CCNc1c(C)cccc1C. The molecule has 24 heavy (non-hydrogen) atoms. The first-order chi connectivity index (χ1) is 11.5. The number of nitrogens with two attached hydrogens (primary N) is 1. The van der Waals surface area contributed by atoms with Crippen molar-refractivity contribution in [2.75, 3.05) is 23.7 Å². The molecule has 0 atom stereocenters. The maximum atomic E-state index is 6.27. The largest absolute Gasteiger partial charge is 0.385 e. The smallest absolute Gasteiger partial charge is 0.0399 e. The van der Waals surface area contributed by atoms with E-state index in [-0.39, 0.29) is 6.04 Å². The van der Waals surface area contributed by atoms with Gasteiger partial charge in [-0.1, -0.05) is 36.4 Å². The molecule has 2 aromatic carbocycles. The molecule has 0 unspecified atom stereocenters. The molecule has 0 amide bonds. The standard InChI is InChI=1S/C21H31N3/c1-15-7-5-8-16(2)20(15)23-13-11-19(22)12-14-24-21-17(3)9-6-10-18(21)4/h5-10,19,23-24H,11-14,22H2,1-4H3. The highest BCUT2D eigenvalue weighted by atomic mass is 14.9. The molecule has 3 heteroatoms. The molecule has 130 valence electrons. The highest BCUT2D eigenvalue weighted by molar-refractivity contribution is 5.57. The number of benzene rings is 2. The minimum absolute atomic E-state index is 0.207. The lowest BCUT2D eigenvalue weighted by molar-refractivity contribution is 0.599. The van der Waals surface area contributed by atoms with Crippen LogP contribution in [0.25, 0.3) is 0 Å². The molecule has 0 aliphatic heterocycles. The van der Waals surface area contributed by atoms with Crippen LogP contribution in [0.2, 0.25) is 0 Å². The predicted octanol–water partition coefficient (Wildman–Crippen LogP) is 4.55. The highest BCUT2D eigenvalue weighted by Crippen LogP contribution is 2.20. The van der Waals surface area contributed by atoms with Gasteiger partial charge < -0.3 is 16.4 Å². The maximum Gasteiger partial charge on any atom is 0.0399 e. The second kappa shape index (κ2) is 8.74. The summed E-state index contributed by atoms with van der Waals surface area (Å²) in [5.41, 5.74) is 13.9. The van der Waals surface area contributed by atoms with Crippen molar-refractivity contribution in [2.45, 2.75) is 46.6 Å². The number of aryl methyl sites for hydroxylation is 4. The molecule has 2 rings (SSSR count). The number of hydrogen-bond acceptors (Lipinski definition) is 3. The van der Waals surface area contributed by atoms with Gasteiger partial charge in [0.15, 0.2) is 0 Å². The Labute approximate surface area is 146 Å². The summed E-state index contributed by atoms with van der Waals surface area (Å²) >= 11 is 0. The van der Waals surface area contributed by atoms with Crippen LogP contribution in [-0.4, -0.2) is 19.1 Å². The van der Waals surface area contributed by atoms with E-state index in [2.05, 4.69) is 74.7 Å². The van der Waals surface area contributed by atoms with Crippen LogP contribution in [0.4, 0.5) is 11.4 Å². The van der Waals surface area contributed by atoms with E-state index in [4.69, 9.17) is 5.73 Å². The average molecular weight is 326 g/mol. The lowest BCUT2D eigenvalue weighted by Crippen LogP contribution is -2.26. The van der Waals surface area contributed by atoms with Gasteiger partial charge in [0.25, 0.3) is 0 Å². The Morgan fingerprint density at radius 1 is 0.708 bits per heavy atom. The zero-order valence-electron chi connectivity index (χ0n) is 15.4. The molecule has 4 N–H and O–H groups in total. The lowest BCUT2D eigenvalue weighted by atomic mass is 10.1. The number of anilines is 2. The van der Waals surface area contributed by atoms with E-state index in [0.29, 0.717) is 0 Å². The summed E-state index contributed by atoms with van der Waals surface area (Å²) in [7, 11) is 0. The van der Waals surface area contributed by atoms with E-state index in [0.717, 1.165) is 25.9 Å². The molecular weight excluding hydrogens is 294 g/mol. The molecule has 0 aromatic heterocycles. The Morgan fingerprint density at radius 2 is 1.04 bits per heavy atom. The zero-order chi connectivity index (χ0) is 17.5. The minimum atomic E-state index is 0.207. The van der Waals surface area contributed by atoms with Crippen LogP contribution in [0.5, 0.6) is 0 Å². The van der Waals surface area contributed by atoms with Gasteiger partial charge in [0.2, 0.25) is 0 Å². The van der Waals surface area contributed by atoms with Crippen LogP contribution in [0.1, 0.15) is 35.1 Å². The number of para-hydroxylation sites is 2. The Bertz CT molecular complexity index is 566. The number of hydrogen-bond donors (Lipinski definition) is 3. The predicted molar refractivity (Wildman–Crippen MR) is 106 cm³/mol. The first kappa shape index (κ1) is 18.3. The molecule has 0 fully saturated rings. The first-order valence-corrected chi connectivity index (χ1v) is 8.84. The fraction of sp³-hybridized carbons (Fsp3) is 0.429. The third-order valence-electron chi connectivity index (χ3n) is 4.60. The molecule has 0 aliphatic rings. The van der Waals surface area contributed by atoms with Crippen molar-refractivity contribution in [3.63, 3.8) is 0 Å². The third-order valence-corrected chi connectivity index (χ3v) is 4.60. The monoisotopic (exact) mass is 325 g/mol. The van der Waals surface area contributed by atoms with Gasteiger partial charge in [0.1, 0.15) is 0 Å². The van der Waals surface area contributed by atoms with Crippen LogP contribution >= 0.6 is 0 Å². The zero-order valence-corrected chi connectivity index (χ0v) is 15.4. The van der Waals surface area contributed by atoms with Gasteiger partial charge in [0, 0.05) is 30.5 Å². The molecule has 0 aliphatic carbocycles. The summed E-state index contributed by atoms with van der Waals surface area (Å²) in [5, 5.41) is 7.08. The summed E-state index contributed by atoms with van der Waals surface area (Å²) in [5.74, 6) is 0. The van der Waals surface area contributed by atoms with Crippen molar-refractivity contribution in [1.29, 1.82) is 0 Å². The summed E-state index contributed by atoms with van der Waals surface area (Å²) in [4.78, 5) is 0. The Morgan fingerprint density at radius 3 is 1.38 bits per heavy atom. The van der Waals surface area contributed by atoms with E-state index in [1.165, 1.54) is 33.6 Å². The minimum Gasteiger partial charge on any atom is -0.385 e. The summed E-state index contributed by atoms with van der Waals surface area (Å²) < 4.78 is 0. The van der Waals surface area contributed by atoms with Crippen LogP contribution in [0.15, 0.2) is 36.4 Å². The molecule has 0 heterocycles. The molecule has 0 spiro atoms. The van der Waals surface area contributed by atoms with Crippen LogP contribution < -0.4 is 16.4 Å². The van der Waals surface area contributed by atoms with Crippen LogP contribution in [-0.2, 0) is 0 Å². The topological polar surface area (TPSA) is 50.1 Å². The van der Waals surface area contributed by atoms with Crippen LogP contribution in [0.3, 0.4) is 0 Å². The van der Waals surface area contributed by atoms with Gasteiger partial charge in [-0.2, -0.15) is 0 Å². The van der Waals surface area contributed by atoms with Crippen LogP contribution in [0, 0.1) is 27.7 Å². The number of rotatable bonds is 8. The lowest BCUT2D eigenvalue weighted by Gasteiger charge is -2.17. The quantitative estimate of drug-likeness (QED) is 0.667. The Balaban J connectivity index is 1.73. The van der Waals surface area contributed by atoms with Gasteiger partial charge in [-0.05, 0) is 62.8 Å². The van der Waals surface area contributed by atoms with Crippen molar-refractivity contribution in [2.24, 2.45) is 5.73 Å². The normalized spacial score (nSPS) is 10.9. The molecule has 0 saturated carbocycles. The van der Waals surface area contributed by atoms with Gasteiger partial charge in [-0.3, -0.25) is 0 Å². The number of nitrogens with one attached hydrogen (secondary N) is 2. The van der Waals surface area contributed by atoms with Gasteiger partial charge in [-0.15, -0.1) is 0 Å². The molecule has 0 bridgehead atoms. The third kappa shape index (κ3) is 5.00. The van der Waals surface area contributed by atoms with Gasteiger partial charge in [-0.25, -0.2) is 0 Å². The molecule has 2 aromatic rings. The first-order valence-electron chi connectivity index (χ1n) is 8.84. The molecular formula is C21H31N3. The Hall–Kier alpha value is -2.00. The van der Waals surface area contributed by atoms with Crippen molar-refractivity contribution in [1.82, 2.24) is 0 Å². The maximum absolute atomic E-state index is 6.27. The summed E-state index contributed by atoms with van der Waals surface area (Å²) in [6.07, 6.45) is 1.95. The molecule has 0 saturated heterocycles. The Kier molecular flexibility index (Phi) is 6.68. The highest BCUT2D eigenvalue weighted by Gasteiger charge is 2.06. The summed E-state index contributed by atoms with van der Waals surface area (Å²) in [6, 6.07) is 13.0. The fourth-order valence-corrected chi connectivity index (χ4v) is 3.10. The average Bonchev–Trinajstić information content (AvgIpc) is 2.53. The molecule has 3 nitrogen and oxygen atoms in total.